The molecule has 0 saturated heterocycles. The van der Waals surface area contributed by atoms with E-state index < -0.39 is 35.6 Å². The summed E-state index contributed by atoms with van der Waals surface area (Å²) in [6.07, 6.45) is 4.96. The van der Waals surface area contributed by atoms with Crippen LogP contribution in [-0.4, -0.2) is 47.3 Å². The quantitative estimate of drug-likeness (QED) is 0.311. The molecule has 7 nitrogen and oxygen atoms in total. The molecule has 2 atom stereocenters. The van der Waals surface area contributed by atoms with Crippen molar-refractivity contribution >= 4 is 47.0 Å². The fraction of sp³-hybridized carbons (Fsp3) is 0.276. The third-order valence-corrected chi connectivity index (χ3v) is 5.95. The predicted molar refractivity (Wildman–Crippen MR) is 149 cm³/mol. The van der Waals surface area contributed by atoms with E-state index in [4.69, 9.17) is 11.2 Å². The van der Waals surface area contributed by atoms with Crippen molar-refractivity contribution in [3.8, 4) is 12.3 Å². The lowest BCUT2D eigenvalue weighted by Gasteiger charge is -2.31. The lowest BCUT2D eigenvalue weighted by atomic mass is 9.98. The minimum atomic E-state index is -1.07. The van der Waals surface area contributed by atoms with Crippen molar-refractivity contribution in [1.82, 2.24) is 10.2 Å². The molecule has 0 aliphatic carbocycles. The van der Waals surface area contributed by atoms with Crippen LogP contribution >= 0.6 is 12.6 Å². The number of hydrogen-bond acceptors (Lipinski definition) is 5. The molecule has 3 aromatic carbocycles. The van der Waals surface area contributed by atoms with Crippen molar-refractivity contribution in [3.63, 3.8) is 0 Å². The molecule has 0 aliphatic heterocycles. The molecule has 3 aromatic rings. The van der Waals surface area contributed by atoms with Gasteiger partial charge in [0.1, 0.15) is 17.7 Å². The largest absolute Gasteiger partial charge is 0.444 e. The number of benzene rings is 3. The highest BCUT2D eigenvalue weighted by molar-refractivity contribution is 7.80. The van der Waals surface area contributed by atoms with Gasteiger partial charge in [0, 0.05) is 24.1 Å². The van der Waals surface area contributed by atoms with E-state index in [1.165, 1.54) is 11.9 Å². The van der Waals surface area contributed by atoms with E-state index in [0.29, 0.717) is 16.8 Å². The molecule has 3 rings (SSSR count). The zero-order chi connectivity index (χ0) is 27.2. The number of likely N-dealkylation sites (N-methyl/N-ethyl adjacent to an activating group) is 1. The molecule has 37 heavy (non-hydrogen) atoms. The standard InChI is InChI=1S/C29H31N3O4S/c1-6-19-11-9-10-14-23(19)25(26(33)30-22-16-15-20-12-7-8-13-21(20)17-22)32(5)27(34)24(18-37)31-28(35)36-29(2,3)4/h1,7-17,24-25,37H,18H2,2-5H3,(H,30,33)(H,31,35). The summed E-state index contributed by atoms with van der Waals surface area (Å²) < 4.78 is 5.28. The first-order valence-electron chi connectivity index (χ1n) is 11.8. The first kappa shape index (κ1) is 27.6. The Morgan fingerprint density at radius 1 is 1.03 bits per heavy atom. The molecule has 0 aromatic heterocycles. The van der Waals surface area contributed by atoms with Crippen molar-refractivity contribution in [2.45, 2.75) is 38.5 Å². The van der Waals surface area contributed by atoms with Crippen molar-refractivity contribution in [2.24, 2.45) is 0 Å². The van der Waals surface area contributed by atoms with E-state index in [2.05, 4.69) is 29.2 Å². The third-order valence-electron chi connectivity index (χ3n) is 5.58. The fourth-order valence-electron chi connectivity index (χ4n) is 3.88. The highest BCUT2D eigenvalue weighted by Gasteiger charge is 2.34. The number of rotatable bonds is 7. The molecule has 192 valence electrons. The number of thiol groups is 1. The Labute approximate surface area is 223 Å². The topological polar surface area (TPSA) is 87.7 Å². The second kappa shape index (κ2) is 11.8. The molecular weight excluding hydrogens is 486 g/mol. The molecule has 0 radical (unpaired) electrons. The SMILES string of the molecule is C#Cc1ccccc1C(C(=O)Nc1ccc2ccccc2c1)N(C)C(=O)C(CS)NC(=O)OC(C)(C)C. The Balaban J connectivity index is 1.93. The fourth-order valence-corrected chi connectivity index (χ4v) is 4.13. The lowest BCUT2D eigenvalue weighted by Crippen LogP contribution is -2.52. The minimum absolute atomic E-state index is 0.00177. The van der Waals surface area contributed by atoms with E-state index in [9.17, 15) is 14.4 Å². The van der Waals surface area contributed by atoms with Gasteiger partial charge in [-0.15, -0.1) is 6.42 Å². The maximum Gasteiger partial charge on any atom is 0.408 e. The lowest BCUT2D eigenvalue weighted by molar-refractivity contribution is -0.138. The van der Waals surface area contributed by atoms with Crippen molar-refractivity contribution in [1.29, 1.82) is 0 Å². The van der Waals surface area contributed by atoms with Crippen LogP contribution < -0.4 is 10.6 Å². The Kier molecular flexibility index (Phi) is 8.85. The molecule has 0 saturated carbocycles. The number of carbonyl (C=O) groups excluding carboxylic acids is 3. The van der Waals surface area contributed by atoms with E-state index in [-0.39, 0.29) is 5.75 Å². The first-order chi connectivity index (χ1) is 17.5. The summed E-state index contributed by atoms with van der Waals surface area (Å²) in [5, 5.41) is 7.46. The van der Waals surface area contributed by atoms with Crippen LogP contribution in [0.3, 0.4) is 0 Å². The number of alkyl carbamates (subject to hydrolysis) is 1. The van der Waals surface area contributed by atoms with Gasteiger partial charge in [-0.1, -0.05) is 54.5 Å². The molecule has 2 unspecified atom stereocenters. The maximum absolute atomic E-state index is 13.7. The molecule has 3 amide bonds. The number of anilines is 1. The second-order valence-electron chi connectivity index (χ2n) is 9.52. The van der Waals surface area contributed by atoms with Crippen LogP contribution in [0.15, 0.2) is 66.7 Å². The zero-order valence-electron chi connectivity index (χ0n) is 21.3. The summed E-state index contributed by atoms with van der Waals surface area (Å²) in [5.74, 6) is 1.61. The number of carbonyl (C=O) groups is 3. The number of ether oxygens (including phenoxy) is 1. The highest BCUT2D eigenvalue weighted by atomic mass is 32.1. The summed E-state index contributed by atoms with van der Waals surface area (Å²) >= 11 is 4.25. The van der Waals surface area contributed by atoms with Gasteiger partial charge in [-0.05, 0) is 55.3 Å². The Morgan fingerprint density at radius 2 is 1.68 bits per heavy atom. The van der Waals surface area contributed by atoms with Gasteiger partial charge in [-0.3, -0.25) is 9.59 Å². The van der Waals surface area contributed by atoms with Crippen molar-refractivity contribution < 1.29 is 19.1 Å². The zero-order valence-corrected chi connectivity index (χ0v) is 22.2. The van der Waals surface area contributed by atoms with Gasteiger partial charge in [0.25, 0.3) is 5.91 Å². The molecule has 0 aliphatic rings. The second-order valence-corrected chi connectivity index (χ2v) is 9.88. The first-order valence-corrected chi connectivity index (χ1v) is 12.4. The van der Waals surface area contributed by atoms with Crippen LogP contribution in [-0.2, 0) is 14.3 Å². The van der Waals surface area contributed by atoms with Crippen LogP contribution in [0.25, 0.3) is 10.8 Å². The molecule has 0 fully saturated rings. The van der Waals surface area contributed by atoms with Crippen LogP contribution in [0.5, 0.6) is 0 Å². The summed E-state index contributed by atoms with van der Waals surface area (Å²) in [5.41, 5.74) is 0.789. The molecule has 2 N–H and O–H groups in total. The number of amides is 3. The van der Waals surface area contributed by atoms with E-state index in [1.807, 2.05) is 36.4 Å². The van der Waals surface area contributed by atoms with Gasteiger partial charge in [-0.25, -0.2) is 4.79 Å². The Morgan fingerprint density at radius 3 is 2.32 bits per heavy atom. The summed E-state index contributed by atoms with van der Waals surface area (Å²) in [6, 6.07) is 18.2. The normalized spacial score (nSPS) is 12.6. The molecule has 8 heteroatoms. The average molecular weight is 518 g/mol. The summed E-state index contributed by atoms with van der Waals surface area (Å²) in [6.45, 7) is 5.17. The van der Waals surface area contributed by atoms with E-state index in [1.54, 1.807) is 51.1 Å². The smallest absolute Gasteiger partial charge is 0.408 e. The molecule has 0 bridgehead atoms. The van der Waals surface area contributed by atoms with Crippen LogP contribution in [0.2, 0.25) is 0 Å². The average Bonchev–Trinajstić information content (AvgIpc) is 2.86. The van der Waals surface area contributed by atoms with E-state index in [0.717, 1.165) is 10.8 Å². The monoisotopic (exact) mass is 517 g/mol. The maximum atomic E-state index is 13.7. The van der Waals surface area contributed by atoms with Gasteiger partial charge in [-0.2, -0.15) is 12.6 Å². The highest BCUT2D eigenvalue weighted by Crippen LogP contribution is 2.27. The Bertz CT molecular complexity index is 1340. The number of terminal acetylenes is 1. The number of fused-ring (bicyclic) bond motifs is 1. The third kappa shape index (κ3) is 7.05. The Hall–Kier alpha value is -3.96. The van der Waals surface area contributed by atoms with Crippen molar-refractivity contribution in [2.75, 3.05) is 18.1 Å². The van der Waals surface area contributed by atoms with Crippen LogP contribution in [0.4, 0.5) is 10.5 Å². The number of nitrogens with one attached hydrogen (secondary N) is 2. The molecular formula is C29H31N3O4S. The number of hydrogen-bond donors (Lipinski definition) is 3. The summed E-state index contributed by atoms with van der Waals surface area (Å²) in [4.78, 5) is 40.8. The van der Waals surface area contributed by atoms with Gasteiger partial charge in [0.15, 0.2) is 0 Å². The molecule has 0 spiro atoms. The van der Waals surface area contributed by atoms with Gasteiger partial charge >= 0.3 is 6.09 Å². The minimum Gasteiger partial charge on any atom is -0.444 e. The van der Waals surface area contributed by atoms with Gasteiger partial charge in [0.2, 0.25) is 5.91 Å². The predicted octanol–water partition coefficient (Wildman–Crippen LogP) is 4.78. The summed E-state index contributed by atoms with van der Waals surface area (Å²) in [7, 11) is 1.49. The van der Waals surface area contributed by atoms with Gasteiger partial charge < -0.3 is 20.3 Å². The molecule has 0 heterocycles. The number of nitrogens with zero attached hydrogens (tertiary/aromatic N) is 1. The van der Waals surface area contributed by atoms with E-state index >= 15 is 0 Å². The van der Waals surface area contributed by atoms with Gasteiger partial charge in [0.05, 0.1) is 0 Å². The van der Waals surface area contributed by atoms with Crippen molar-refractivity contribution in [3.05, 3.63) is 77.9 Å². The van der Waals surface area contributed by atoms with Crippen LogP contribution in [0, 0.1) is 12.3 Å². The van der Waals surface area contributed by atoms with Crippen LogP contribution in [0.1, 0.15) is 37.9 Å².